The first kappa shape index (κ1) is 32.2. The molecule has 4 rings (SSSR count). The number of methoxy groups -OCH3 is 1. The van der Waals surface area contributed by atoms with E-state index in [-0.39, 0.29) is 18.4 Å². The topological polar surface area (TPSA) is 108 Å². The first-order chi connectivity index (χ1) is 21.4. The molecule has 0 radical (unpaired) electrons. The van der Waals surface area contributed by atoms with Crippen LogP contribution in [0.1, 0.15) is 31.9 Å². The number of para-hydroxylation sites is 2. The van der Waals surface area contributed by atoms with E-state index >= 15 is 0 Å². The summed E-state index contributed by atoms with van der Waals surface area (Å²) in [6.07, 6.45) is 2.29. The van der Waals surface area contributed by atoms with Gasteiger partial charge in [0.15, 0.2) is 34.7 Å². The van der Waals surface area contributed by atoms with Gasteiger partial charge in [-0.1, -0.05) is 24.3 Å². The molecule has 44 heavy (non-hydrogen) atoms. The molecule has 1 aliphatic rings. The fourth-order valence-corrected chi connectivity index (χ4v) is 4.80. The SMILES string of the molecule is CCOc1ccc(CCN2C(=O)/C(=C\c3ccc(OCC(=O)Nc4ccccc4OC)c(OCC)c3)NC2=S)cc1OCC. The maximum Gasteiger partial charge on any atom is 0.276 e. The number of rotatable bonds is 15. The Morgan fingerprint density at radius 3 is 2.25 bits per heavy atom. The van der Waals surface area contributed by atoms with Gasteiger partial charge in [-0.2, -0.15) is 0 Å². The summed E-state index contributed by atoms with van der Waals surface area (Å²) in [6.45, 7) is 7.31. The van der Waals surface area contributed by atoms with Crippen LogP contribution in [-0.4, -0.2) is 61.9 Å². The fraction of sp³-hybridized carbons (Fsp3) is 0.303. The maximum atomic E-state index is 13.3. The quantitative estimate of drug-likeness (QED) is 0.175. The standard InChI is InChI=1S/C33H37N3O7S/c1-5-40-27-14-12-22(19-29(27)41-6-2)16-17-36-32(38)25(35-33(36)44)18-23-13-15-28(30(20-23)42-7-3)43-21-31(37)34-24-10-8-9-11-26(24)39-4/h8-15,18-20H,5-7,16-17,21H2,1-4H3,(H,34,37)(H,35,44)/b25-18+. The van der Waals surface area contributed by atoms with E-state index < -0.39 is 0 Å². The Kier molecular flexibility index (Phi) is 11.4. The molecule has 3 aromatic carbocycles. The Morgan fingerprint density at radius 2 is 1.52 bits per heavy atom. The van der Waals surface area contributed by atoms with E-state index in [0.29, 0.717) is 83.6 Å². The molecular weight excluding hydrogens is 582 g/mol. The van der Waals surface area contributed by atoms with Crippen molar-refractivity contribution in [2.24, 2.45) is 0 Å². The van der Waals surface area contributed by atoms with Crippen molar-refractivity contribution >= 4 is 40.9 Å². The van der Waals surface area contributed by atoms with Crippen LogP contribution in [0.15, 0.2) is 66.4 Å². The highest BCUT2D eigenvalue weighted by molar-refractivity contribution is 7.80. The van der Waals surface area contributed by atoms with Crippen LogP contribution in [0.25, 0.3) is 6.08 Å². The minimum atomic E-state index is -0.350. The molecule has 10 nitrogen and oxygen atoms in total. The van der Waals surface area contributed by atoms with Crippen molar-refractivity contribution in [2.45, 2.75) is 27.2 Å². The summed E-state index contributed by atoms with van der Waals surface area (Å²) in [4.78, 5) is 27.3. The Balaban J connectivity index is 1.40. The van der Waals surface area contributed by atoms with Crippen LogP contribution in [-0.2, 0) is 16.0 Å². The zero-order valence-electron chi connectivity index (χ0n) is 25.3. The zero-order chi connectivity index (χ0) is 31.5. The van der Waals surface area contributed by atoms with Crippen LogP contribution in [0.4, 0.5) is 5.69 Å². The van der Waals surface area contributed by atoms with Crippen LogP contribution in [0.3, 0.4) is 0 Å². The molecule has 0 bridgehead atoms. The second-order valence-corrected chi connectivity index (χ2v) is 9.91. The highest BCUT2D eigenvalue weighted by Crippen LogP contribution is 2.31. The van der Waals surface area contributed by atoms with Gasteiger partial charge in [0, 0.05) is 6.54 Å². The number of amides is 2. The number of hydrogen-bond donors (Lipinski definition) is 2. The molecule has 11 heteroatoms. The van der Waals surface area contributed by atoms with Gasteiger partial charge in [0.1, 0.15) is 11.4 Å². The molecule has 1 fully saturated rings. The molecule has 0 unspecified atom stereocenters. The predicted molar refractivity (Wildman–Crippen MR) is 173 cm³/mol. The van der Waals surface area contributed by atoms with Crippen LogP contribution in [0.5, 0.6) is 28.7 Å². The van der Waals surface area contributed by atoms with Gasteiger partial charge in [0.2, 0.25) is 0 Å². The lowest BCUT2D eigenvalue weighted by Gasteiger charge is -2.16. The molecule has 1 saturated heterocycles. The van der Waals surface area contributed by atoms with E-state index in [1.165, 1.54) is 7.11 Å². The zero-order valence-corrected chi connectivity index (χ0v) is 26.1. The molecule has 3 aromatic rings. The van der Waals surface area contributed by atoms with E-state index in [2.05, 4.69) is 10.6 Å². The number of benzene rings is 3. The fourth-order valence-electron chi connectivity index (χ4n) is 4.51. The van der Waals surface area contributed by atoms with Gasteiger partial charge in [-0.15, -0.1) is 0 Å². The van der Waals surface area contributed by atoms with Crippen molar-refractivity contribution in [3.05, 3.63) is 77.5 Å². The van der Waals surface area contributed by atoms with E-state index in [4.69, 9.17) is 35.9 Å². The smallest absolute Gasteiger partial charge is 0.276 e. The Bertz CT molecular complexity index is 1520. The van der Waals surface area contributed by atoms with E-state index in [9.17, 15) is 9.59 Å². The van der Waals surface area contributed by atoms with Crippen molar-refractivity contribution in [1.82, 2.24) is 10.2 Å². The lowest BCUT2D eigenvalue weighted by atomic mass is 10.1. The van der Waals surface area contributed by atoms with Gasteiger partial charge in [-0.05, 0) is 93.0 Å². The summed E-state index contributed by atoms with van der Waals surface area (Å²) in [7, 11) is 1.54. The number of nitrogens with zero attached hydrogens (tertiary/aromatic N) is 1. The molecule has 0 spiro atoms. The number of anilines is 1. The third-order valence-electron chi connectivity index (χ3n) is 6.51. The number of carbonyl (C=O) groups is 2. The first-order valence-corrected chi connectivity index (χ1v) is 14.8. The second kappa shape index (κ2) is 15.6. The maximum absolute atomic E-state index is 13.3. The molecule has 232 valence electrons. The molecule has 0 atom stereocenters. The van der Waals surface area contributed by atoms with E-state index in [1.807, 2.05) is 45.0 Å². The van der Waals surface area contributed by atoms with Gasteiger partial charge in [0.05, 0.1) is 32.6 Å². The summed E-state index contributed by atoms with van der Waals surface area (Å²) >= 11 is 5.48. The minimum absolute atomic E-state index is 0.225. The third kappa shape index (κ3) is 8.19. The molecule has 1 aliphatic heterocycles. The largest absolute Gasteiger partial charge is 0.495 e. The van der Waals surface area contributed by atoms with Crippen molar-refractivity contribution in [2.75, 3.05) is 45.4 Å². The Hall–Kier alpha value is -4.77. The number of carbonyl (C=O) groups excluding carboxylic acids is 2. The summed E-state index contributed by atoms with van der Waals surface area (Å²) < 4.78 is 28.2. The lowest BCUT2D eigenvalue weighted by Crippen LogP contribution is -2.32. The minimum Gasteiger partial charge on any atom is -0.495 e. The molecule has 1 heterocycles. The third-order valence-corrected chi connectivity index (χ3v) is 6.84. The lowest BCUT2D eigenvalue weighted by molar-refractivity contribution is -0.122. The van der Waals surface area contributed by atoms with E-state index in [1.54, 1.807) is 47.4 Å². The van der Waals surface area contributed by atoms with Gasteiger partial charge in [0.25, 0.3) is 11.8 Å². The second-order valence-electron chi connectivity index (χ2n) is 9.52. The Labute approximate surface area is 262 Å². The molecule has 2 amide bonds. The van der Waals surface area contributed by atoms with Gasteiger partial charge < -0.3 is 34.3 Å². The summed E-state index contributed by atoms with van der Waals surface area (Å²) in [6, 6.07) is 18.1. The van der Waals surface area contributed by atoms with Crippen molar-refractivity contribution in [3.8, 4) is 28.7 Å². The number of hydrogen-bond acceptors (Lipinski definition) is 8. The summed E-state index contributed by atoms with van der Waals surface area (Å²) in [5.41, 5.74) is 2.60. The molecular formula is C33H37N3O7S. The number of nitrogens with one attached hydrogen (secondary N) is 2. The van der Waals surface area contributed by atoms with Crippen LogP contribution >= 0.6 is 12.2 Å². The van der Waals surface area contributed by atoms with Crippen molar-refractivity contribution < 1.29 is 33.3 Å². The average molecular weight is 620 g/mol. The first-order valence-electron chi connectivity index (χ1n) is 14.4. The van der Waals surface area contributed by atoms with Crippen LogP contribution in [0.2, 0.25) is 0 Å². The van der Waals surface area contributed by atoms with Gasteiger partial charge >= 0.3 is 0 Å². The summed E-state index contributed by atoms with van der Waals surface area (Å²) in [5.74, 6) is 2.18. The van der Waals surface area contributed by atoms with Gasteiger partial charge in [-0.25, -0.2) is 0 Å². The van der Waals surface area contributed by atoms with Crippen LogP contribution in [0, 0.1) is 0 Å². The van der Waals surface area contributed by atoms with Crippen molar-refractivity contribution in [3.63, 3.8) is 0 Å². The molecule has 0 aromatic heterocycles. The van der Waals surface area contributed by atoms with Crippen LogP contribution < -0.4 is 34.3 Å². The monoisotopic (exact) mass is 619 g/mol. The highest BCUT2D eigenvalue weighted by Gasteiger charge is 2.30. The average Bonchev–Trinajstić information content (AvgIpc) is 3.28. The highest BCUT2D eigenvalue weighted by atomic mass is 32.1. The molecule has 0 saturated carbocycles. The summed E-state index contributed by atoms with van der Waals surface area (Å²) in [5, 5.41) is 6.14. The van der Waals surface area contributed by atoms with E-state index in [0.717, 1.165) is 5.56 Å². The predicted octanol–water partition coefficient (Wildman–Crippen LogP) is 5.21. The van der Waals surface area contributed by atoms with Gasteiger partial charge in [-0.3, -0.25) is 14.5 Å². The molecule has 0 aliphatic carbocycles. The Morgan fingerprint density at radius 1 is 0.864 bits per heavy atom. The molecule has 2 N–H and O–H groups in total. The number of thiocarbonyl (C=S) groups is 1. The normalized spacial score (nSPS) is 13.5. The number of ether oxygens (including phenoxy) is 5. The van der Waals surface area contributed by atoms with Crippen molar-refractivity contribution in [1.29, 1.82) is 0 Å².